The van der Waals surface area contributed by atoms with Crippen LogP contribution in [0, 0.1) is 0 Å². The molecule has 0 bridgehead atoms. The van der Waals surface area contributed by atoms with Crippen molar-refractivity contribution < 1.29 is 4.74 Å². The smallest absolute Gasteiger partial charge is 0.0839 e. The SMILES string of the molecule is CN(CC[C@@H]1OCCc2cc(Br)ccc21)C1CCN(c2ccccc2)CC1. The Labute approximate surface area is 171 Å². The highest BCUT2D eigenvalue weighted by atomic mass is 79.9. The molecule has 0 amide bonds. The van der Waals surface area contributed by atoms with Gasteiger partial charge in [0.25, 0.3) is 0 Å². The van der Waals surface area contributed by atoms with E-state index in [0.29, 0.717) is 6.04 Å². The second-order valence-electron chi connectivity index (χ2n) is 7.78. The third-order valence-electron chi connectivity index (χ3n) is 6.10. The fraction of sp³-hybridized carbons (Fsp3) is 0.478. The average Bonchev–Trinajstić information content (AvgIpc) is 2.72. The van der Waals surface area contributed by atoms with E-state index in [-0.39, 0.29) is 6.10 Å². The summed E-state index contributed by atoms with van der Waals surface area (Å²) in [6.45, 7) is 4.23. The zero-order valence-electron chi connectivity index (χ0n) is 16.1. The molecule has 0 saturated carbocycles. The first-order valence-electron chi connectivity index (χ1n) is 10.1. The Hall–Kier alpha value is -1.36. The maximum Gasteiger partial charge on any atom is 0.0839 e. The van der Waals surface area contributed by atoms with Gasteiger partial charge in [-0.3, -0.25) is 0 Å². The fourth-order valence-electron chi connectivity index (χ4n) is 4.45. The lowest BCUT2D eigenvalue weighted by Crippen LogP contribution is -2.44. The molecular weight excluding hydrogens is 400 g/mol. The van der Waals surface area contributed by atoms with Crippen molar-refractivity contribution in [1.82, 2.24) is 4.90 Å². The molecule has 0 unspecified atom stereocenters. The van der Waals surface area contributed by atoms with Crippen LogP contribution in [0.25, 0.3) is 0 Å². The van der Waals surface area contributed by atoms with Crippen molar-refractivity contribution in [3.8, 4) is 0 Å². The van der Waals surface area contributed by atoms with E-state index in [0.717, 1.165) is 39.1 Å². The van der Waals surface area contributed by atoms with Crippen molar-refractivity contribution in [1.29, 1.82) is 0 Å². The van der Waals surface area contributed by atoms with Gasteiger partial charge < -0.3 is 14.5 Å². The minimum Gasteiger partial charge on any atom is -0.373 e. The lowest BCUT2D eigenvalue weighted by Gasteiger charge is -2.38. The van der Waals surface area contributed by atoms with Gasteiger partial charge in [0.2, 0.25) is 0 Å². The van der Waals surface area contributed by atoms with Gasteiger partial charge in [-0.05, 0) is 68.1 Å². The summed E-state index contributed by atoms with van der Waals surface area (Å²) in [5.74, 6) is 0. The maximum atomic E-state index is 6.11. The molecule has 2 aromatic rings. The topological polar surface area (TPSA) is 15.7 Å². The van der Waals surface area contributed by atoms with E-state index in [1.54, 1.807) is 0 Å². The van der Waals surface area contributed by atoms with Gasteiger partial charge in [0.05, 0.1) is 12.7 Å². The predicted molar refractivity (Wildman–Crippen MR) is 115 cm³/mol. The van der Waals surface area contributed by atoms with Crippen LogP contribution in [0.1, 0.15) is 36.5 Å². The monoisotopic (exact) mass is 428 g/mol. The number of piperidine rings is 1. The number of benzene rings is 2. The highest BCUT2D eigenvalue weighted by molar-refractivity contribution is 9.10. The number of nitrogens with zero attached hydrogens (tertiary/aromatic N) is 2. The standard InChI is InChI=1S/C23H29BrN2O/c1-25(20-9-14-26(15-10-20)21-5-3-2-4-6-21)13-11-23-22-8-7-19(24)17-18(22)12-16-27-23/h2-8,17,20,23H,9-16H2,1H3/t23-/m0/s1. The number of halogens is 1. The molecule has 0 radical (unpaired) electrons. The normalized spacial score (nSPS) is 20.7. The molecule has 0 N–H and O–H groups in total. The summed E-state index contributed by atoms with van der Waals surface area (Å²) in [5, 5.41) is 0. The van der Waals surface area contributed by atoms with E-state index in [1.807, 2.05) is 0 Å². The first-order chi connectivity index (χ1) is 13.2. The first-order valence-corrected chi connectivity index (χ1v) is 10.9. The zero-order valence-corrected chi connectivity index (χ0v) is 17.7. The highest BCUT2D eigenvalue weighted by Gasteiger charge is 2.25. The van der Waals surface area contributed by atoms with Gasteiger partial charge in [-0.25, -0.2) is 0 Å². The van der Waals surface area contributed by atoms with Crippen LogP contribution in [0.2, 0.25) is 0 Å². The van der Waals surface area contributed by atoms with Crippen LogP contribution >= 0.6 is 15.9 Å². The molecule has 4 rings (SSSR count). The number of hydrogen-bond donors (Lipinski definition) is 0. The average molecular weight is 429 g/mol. The van der Waals surface area contributed by atoms with Crippen LogP contribution in [0.5, 0.6) is 0 Å². The van der Waals surface area contributed by atoms with Gasteiger partial charge in [0, 0.05) is 35.8 Å². The molecule has 0 aromatic heterocycles. The molecule has 3 nitrogen and oxygen atoms in total. The lowest BCUT2D eigenvalue weighted by molar-refractivity contribution is 0.0273. The van der Waals surface area contributed by atoms with Crippen LogP contribution in [0.15, 0.2) is 53.0 Å². The summed E-state index contributed by atoms with van der Waals surface area (Å²) in [7, 11) is 2.29. The Morgan fingerprint density at radius 1 is 1.11 bits per heavy atom. The second kappa shape index (κ2) is 8.76. The first kappa shape index (κ1) is 19.0. The van der Waals surface area contributed by atoms with Crippen molar-refractivity contribution in [2.75, 3.05) is 38.2 Å². The van der Waals surface area contributed by atoms with Gasteiger partial charge in [0.1, 0.15) is 0 Å². The molecule has 27 heavy (non-hydrogen) atoms. The maximum absolute atomic E-state index is 6.11. The molecule has 2 aliphatic heterocycles. The van der Waals surface area contributed by atoms with Crippen molar-refractivity contribution in [3.63, 3.8) is 0 Å². The van der Waals surface area contributed by atoms with Crippen LogP contribution in [0.4, 0.5) is 5.69 Å². The molecular formula is C23H29BrN2O. The van der Waals surface area contributed by atoms with Crippen LogP contribution in [-0.2, 0) is 11.2 Å². The van der Waals surface area contributed by atoms with Crippen LogP contribution in [0.3, 0.4) is 0 Å². The van der Waals surface area contributed by atoms with Crippen molar-refractivity contribution >= 4 is 21.6 Å². The number of hydrogen-bond acceptors (Lipinski definition) is 3. The molecule has 2 aromatic carbocycles. The molecule has 0 spiro atoms. The largest absolute Gasteiger partial charge is 0.373 e. The molecule has 1 atom stereocenters. The number of fused-ring (bicyclic) bond motifs is 1. The number of anilines is 1. The van der Waals surface area contributed by atoms with E-state index in [4.69, 9.17) is 4.74 Å². The third-order valence-corrected chi connectivity index (χ3v) is 6.59. The molecule has 1 saturated heterocycles. The summed E-state index contributed by atoms with van der Waals surface area (Å²) >= 11 is 3.59. The summed E-state index contributed by atoms with van der Waals surface area (Å²) < 4.78 is 7.28. The van der Waals surface area contributed by atoms with Gasteiger partial charge in [0.15, 0.2) is 0 Å². The fourth-order valence-corrected chi connectivity index (χ4v) is 4.86. The molecule has 1 fully saturated rings. The quantitative estimate of drug-likeness (QED) is 0.661. The summed E-state index contributed by atoms with van der Waals surface area (Å²) in [5.41, 5.74) is 4.19. The van der Waals surface area contributed by atoms with Gasteiger partial charge >= 0.3 is 0 Å². The van der Waals surface area contributed by atoms with Gasteiger partial charge in [-0.1, -0.05) is 40.2 Å². The second-order valence-corrected chi connectivity index (χ2v) is 8.69. The van der Waals surface area contributed by atoms with E-state index in [9.17, 15) is 0 Å². The molecule has 0 aliphatic carbocycles. The third kappa shape index (κ3) is 4.56. The van der Waals surface area contributed by atoms with E-state index in [2.05, 4.69) is 81.3 Å². The van der Waals surface area contributed by atoms with Crippen LogP contribution < -0.4 is 4.90 Å². The van der Waals surface area contributed by atoms with E-state index < -0.39 is 0 Å². The lowest BCUT2D eigenvalue weighted by atomic mass is 9.95. The van der Waals surface area contributed by atoms with E-state index in [1.165, 1.54) is 34.1 Å². The molecule has 144 valence electrons. The van der Waals surface area contributed by atoms with Crippen molar-refractivity contribution in [2.24, 2.45) is 0 Å². The van der Waals surface area contributed by atoms with Crippen molar-refractivity contribution in [2.45, 2.75) is 37.8 Å². The summed E-state index contributed by atoms with van der Waals surface area (Å²) in [6, 6.07) is 18.1. The predicted octanol–water partition coefficient (Wildman–Crippen LogP) is 5.05. The number of para-hydroxylation sites is 1. The Morgan fingerprint density at radius 2 is 1.89 bits per heavy atom. The summed E-state index contributed by atoms with van der Waals surface area (Å²) in [6.07, 6.45) is 4.82. The van der Waals surface area contributed by atoms with Crippen LogP contribution in [-0.4, -0.2) is 44.2 Å². The number of rotatable bonds is 5. The number of ether oxygens (including phenoxy) is 1. The Bertz CT molecular complexity index is 743. The zero-order chi connectivity index (χ0) is 18.6. The summed E-state index contributed by atoms with van der Waals surface area (Å²) in [4.78, 5) is 5.07. The minimum absolute atomic E-state index is 0.244. The molecule has 2 heterocycles. The molecule has 2 aliphatic rings. The Kier molecular flexibility index (Phi) is 6.16. The minimum atomic E-state index is 0.244. The molecule has 4 heteroatoms. The van der Waals surface area contributed by atoms with E-state index >= 15 is 0 Å². The highest BCUT2D eigenvalue weighted by Crippen LogP contribution is 2.32. The Morgan fingerprint density at radius 3 is 2.67 bits per heavy atom. The van der Waals surface area contributed by atoms with Gasteiger partial charge in [-0.15, -0.1) is 0 Å². The van der Waals surface area contributed by atoms with Gasteiger partial charge in [-0.2, -0.15) is 0 Å². The van der Waals surface area contributed by atoms with Crippen molar-refractivity contribution in [3.05, 3.63) is 64.1 Å². The Balaban J connectivity index is 1.29.